The fourth-order valence-corrected chi connectivity index (χ4v) is 5.61. The Hall–Kier alpha value is -1.96. The molecule has 144 valence electrons. The Bertz CT molecular complexity index is 998. The van der Waals surface area contributed by atoms with Gasteiger partial charge in [0.15, 0.2) is 6.10 Å². The zero-order valence-electron chi connectivity index (χ0n) is 14.9. The molecule has 0 aromatic heterocycles. The Balaban J connectivity index is 2.21. The van der Waals surface area contributed by atoms with Crippen molar-refractivity contribution in [2.24, 2.45) is 0 Å². The van der Waals surface area contributed by atoms with Gasteiger partial charge in [0.2, 0.25) is 0 Å². The van der Waals surface area contributed by atoms with E-state index in [2.05, 4.69) is 5.32 Å². The zero-order valence-corrected chi connectivity index (χ0v) is 17.2. The molecule has 0 aliphatic carbocycles. The summed E-state index contributed by atoms with van der Waals surface area (Å²) in [7, 11) is -2.63. The molecule has 0 radical (unpaired) electrons. The predicted molar refractivity (Wildman–Crippen MR) is 105 cm³/mol. The normalized spacial score (nSPS) is 16.5. The molecule has 1 atom stereocenters. The number of carbonyl (C=O) groups excluding carboxylic acids is 1. The molecule has 0 fully saturated rings. The molecule has 1 heterocycles. The summed E-state index contributed by atoms with van der Waals surface area (Å²) in [5, 5.41) is 2.90. The maximum absolute atomic E-state index is 13.5. The van der Waals surface area contributed by atoms with E-state index in [1.165, 1.54) is 7.05 Å². The van der Waals surface area contributed by atoms with Crippen LogP contribution in [0.15, 0.2) is 35.2 Å². The minimum atomic E-state index is -4.10. The first-order chi connectivity index (χ1) is 12.7. The average Bonchev–Trinajstić information content (AvgIpc) is 2.64. The topological polar surface area (TPSA) is 75.7 Å². The van der Waals surface area contributed by atoms with Gasteiger partial charge in [-0.2, -0.15) is 0 Å². The van der Waals surface area contributed by atoms with Crippen molar-refractivity contribution in [3.8, 4) is 5.75 Å². The number of amides is 1. The number of aryl methyl sites for hydroxylation is 1. The van der Waals surface area contributed by atoms with Gasteiger partial charge < -0.3 is 10.1 Å². The van der Waals surface area contributed by atoms with E-state index in [1.807, 2.05) is 0 Å². The molecule has 9 heteroatoms. The van der Waals surface area contributed by atoms with E-state index in [0.29, 0.717) is 27.6 Å². The van der Waals surface area contributed by atoms with Gasteiger partial charge in [-0.1, -0.05) is 35.3 Å². The van der Waals surface area contributed by atoms with Crippen molar-refractivity contribution >= 4 is 44.8 Å². The number of benzene rings is 2. The second kappa shape index (κ2) is 7.22. The van der Waals surface area contributed by atoms with Crippen LogP contribution in [0.4, 0.5) is 5.69 Å². The minimum absolute atomic E-state index is 0.0680. The molecule has 0 bridgehead atoms. The Morgan fingerprint density at radius 2 is 1.93 bits per heavy atom. The molecule has 2 aromatic carbocycles. The fraction of sp³-hybridized carbons (Fsp3) is 0.278. The van der Waals surface area contributed by atoms with Crippen LogP contribution in [0.1, 0.15) is 11.1 Å². The summed E-state index contributed by atoms with van der Waals surface area (Å²) in [6.07, 6.45) is -0.987. The highest BCUT2D eigenvalue weighted by Crippen LogP contribution is 2.41. The largest absolute Gasteiger partial charge is 0.476 e. The van der Waals surface area contributed by atoms with Crippen molar-refractivity contribution in [1.29, 1.82) is 0 Å². The number of ether oxygens (including phenoxy) is 1. The van der Waals surface area contributed by atoms with Crippen molar-refractivity contribution in [3.63, 3.8) is 0 Å². The quantitative estimate of drug-likeness (QED) is 0.813. The van der Waals surface area contributed by atoms with E-state index in [1.54, 1.807) is 44.2 Å². The van der Waals surface area contributed by atoms with Crippen LogP contribution in [0.25, 0.3) is 0 Å². The number of nitrogens with one attached hydrogen (secondary N) is 1. The lowest BCUT2D eigenvalue weighted by Crippen LogP contribution is -2.50. The number of hydrogen-bond donors (Lipinski definition) is 1. The number of halogens is 2. The van der Waals surface area contributed by atoms with Crippen LogP contribution in [0.3, 0.4) is 0 Å². The van der Waals surface area contributed by atoms with E-state index in [0.717, 1.165) is 4.31 Å². The molecule has 1 aliphatic rings. The summed E-state index contributed by atoms with van der Waals surface area (Å²) in [6.45, 7) is 3.11. The molecule has 0 spiro atoms. The standard InChI is InChI=1S/C18H18Cl2N2O4S/c1-10-8-12(19)11(2)17(16(10)20)27(24,25)22-9-15(18(23)21-3)26-14-7-5-4-6-13(14)22/h4-8,15H,9H2,1-3H3,(H,21,23). The van der Waals surface area contributed by atoms with Crippen molar-refractivity contribution in [2.45, 2.75) is 24.8 Å². The van der Waals surface area contributed by atoms with Gasteiger partial charge in [0, 0.05) is 12.1 Å². The average molecular weight is 429 g/mol. The van der Waals surface area contributed by atoms with Gasteiger partial charge in [-0.15, -0.1) is 0 Å². The number of anilines is 1. The molecule has 0 saturated carbocycles. The van der Waals surface area contributed by atoms with Gasteiger partial charge in [0.25, 0.3) is 15.9 Å². The highest BCUT2D eigenvalue weighted by atomic mass is 35.5. The van der Waals surface area contributed by atoms with E-state index in [-0.39, 0.29) is 16.5 Å². The van der Waals surface area contributed by atoms with Crippen molar-refractivity contribution in [1.82, 2.24) is 5.32 Å². The maximum Gasteiger partial charge on any atom is 0.266 e. The predicted octanol–water partition coefficient (Wildman–Crippen LogP) is 3.31. The summed E-state index contributed by atoms with van der Waals surface area (Å²) in [5.74, 6) is -0.122. The first-order valence-electron chi connectivity index (χ1n) is 8.13. The first kappa shape index (κ1) is 19.8. The molecule has 1 unspecified atom stereocenters. The molecule has 1 amide bonds. The highest BCUT2D eigenvalue weighted by molar-refractivity contribution is 7.93. The summed E-state index contributed by atoms with van der Waals surface area (Å²) in [4.78, 5) is 12.1. The van der Waals surface area contributed by atoms with Crippen molar-refractivity contribution in [3.05, 3.63) is 51.5 Å². The Morgan fingerprint density at radius 1 is 1.26 bits per heavy atom. The van der Waals surface area contributed by atoms with Gasteiger partial charge in [-0.05, 0) is 43.2 Å². The third kappa shape index (κ3) is 3.35. The van der Waals surface area contributed by atoms with Gasteiger partial charge in [-0.25, -0.2) is 8.42 Å². The number of sulfonamides is 1. The van der Waals surface area contributed by atoms with E-state index >= 15 is 0 Å². The smallest absolute Gasteiger partial charge is 0.266 e. The number of likely N-dealkylation sites (N-methyl/N-ethyl adjacent to an activating group) is 1. The van der Waals surface area contributed by atoms with Crippen LogP contribution in [0.2, 0.25) is 10.0 Å². The van der Waals surface area contributed by atoms with Gasteiger partial charge in [0.1, 0.15) is 10.6 Å². The lowest BCUT2D eigenvalue weighted by atomic mass is 10.2. The van der Waals surface area contributed by atoms with Crippen molar-refractivity contribution < 1.29 is 17.9 Å². The molecule has 6 nitrogen and oxygen atoms in total. The molecule has 1 aliphatic heterocycles. The zero-order chi connectivity index (χ0) is 19.9. The van der Waals surface area contributed by atoms with E-state index in [4.69, 9.17) is 27.9 Å². The van der Waals surface area contributed by atoms with E-state index in [9.17, 15) is 13.2 Å². The van der Waals surface area contributed by atoms with Crippen LogP contribution >= 0.6 is 23.2 Å². The maximum atomic E-state index is 13.5. The van der Waals surface area contributed by atoms with Crippen LogP contribution < -0.4 is 14.4 Å². The third-order valence-electron chi connectivity index (χ3n) is 4.41. The number of para-hydroxylation sites is 2. The molecule has 27 heavy (non-hydrogen) atoms. The monoisotopic (exact) mass is 428 g/mol. The second-order valence-electron chi connectivity index (χ2n) is 6.17. The summed E-state index contributed by atoms with van der Waals surface area (Å²) >= 11 is 12.6. The van der Waals surface area contributed by atoms with E-state index < -0.39 is 22.0 Å². The van der Waals surface area contributed by atoms with Gasteiger partial charge in [-0.3, -0.25) is 9.10 Å². The highest BCUT2D eigenvalue weighted by Gasteiger charge is 2.39. The first-order valence-corrected chi connectivity index (χ1v) is 10.3. The Labute approximate surface area is 168 Å². The molecule has 2 aromatic rings. The number of rotatable bonds is 3. The van der Waals surface area contributed by atoms with Crippen LogP contribution in [0, 0.1) is 13.8 Å². The number of nitrogens with zero attached hydrogens (tertiary/aromatic N) is 1. The van der Waals surface area contributed by atoms with Crippen molar-refractivity contribution in [2.75, 3.05) is 17.9 Å². The molecular formula is C18H18Cl2N2O4S. The number of fused-ring (bicyclic) bond motifs is 1. The van der Waals surface area contributed by atoms with Gasteiger partial charge >= 0.3 is 0 Å². The van der Waals surface area contributed by atoms with Crippen LogP contribution in [0.5, 0.6) is 5.75 Å². The summed E-state index contributed by atoms with van der Waals surface area (Å²) in [5.41, 5.74) is 1.24. The lowest BCUT2D eigenvalue weighted by molar-refractivity contribution is -0.127. The summed E-state index contributed by atoms with van der Waals surface area (Å²) in [6, 6.07) is 8.26. The Kier molecular flexibility index (Phi) is 5.29. The SMILES string of the molecule is CNC(=O)C1CN(S(=O)(=O)c2c(C)c(Cl)cc(C)c2Cl)c2ccccc2O1. The minimum Gasteiger partial charge on any atom is -0.476 e. The number of hydrogen-bond acceptors (Lipinski definition) is 4. The summed E-state index contributed by atoms with van der Waals surface area (Å²) < 4.78 is 33.9. The fourth-order valence-electron chi connectivity index (χ4n) is 2.96. The lowest BCUT2D eigenvalue weighted by Gasteiger charge is -2.35. The van der Waals surface area contributed by atoms with Gasteiger partial charge in [0.05, 0.1) is 17.3 Å². The molecule has 1 N–H and O–H groups in total. The molecule has 3 rings (SSSR count). The van der Waals surface area contributed by atoms with Crippen LogP contribution in [-0.2, 0) is 14.8 Å². The Morgan fingerprint density at radius 3 is 2.59 bits per heavy atom. The second-order valence-corrected chi connectivity index (χ2v) is 8.75. The number of carbonyl (C=O) groups is 1. The third-order valence-corrected chi connectivity index (χ3v) is 7.35. The van der Waals surface area contributed by atoms with Crippen LogP contribution in [-0.4, -0.2) is 34.0 Å². The molecular weight excluding hydrogens is 411 g/mol. The molecule has 0 saturated heterocycles.